The van der Waals surface area contributed by atoms with Gasteiger partial charge in [0.05, 0.1) is 31.8 Å². The highest BCUT2D eigenvalue weighted by atomic mass is 16.5. The van der Waals surface area contributed by atoms with Gasteiger partial charge in [0, 0.05) is 79.3 Å². The second-order valence-corrected chi connectivity index (χ2v) is 27.3. The molecule has 94 heavy (non-hydrogen) atoms. The molecule has 4 aliphatic rings. The number of carbonyl (C=O) groups is 2. The van der Waals surface area contributed by atoms with Gasteiger partial charge in [0.15, 0.2) is 29.2 Å². The number of dihydropyridines is 1. The van der Waals surface area contributed by atoms with Crippen LogP contribution in [0.15, 0.2) is 145 Å². The maximum atomic E-state index is 15.5. The van der Waals surface area contributed by atoms with Crippen LogP contribution < -0.4 is 20.7 Å². The molecular weight excluding hydrogens is 1180 g/mol. The Morgan fingerprint density at radius 3 is 2.34 bits per heavy atom. The molecule has 0 saturated heterocycles. The van der Waals surface area contributed by atoms with Crippen molar-refractivity contribution in [2.45, 2.75) is 154 Å². The third-order valence-corrected chi connectivity index (χ3v) is 20.7. The Bertz CT molecular complexity index is 3940. The number of aromatic hydroxyl groups is 3. The number of phenols is 3. The van der Waals surface area contributed by atoms with E-state index in [4.69, 9.17) is 4.74 Å². The standard InChI is InChI=1S/C80H94N4O10/c1-5-12-65-59-34-52(31-51-29-30-82-77(35-51)84-71-42-69-56(36-60(71)32-50-13-7-6-8-14-50)23-24-58(78(69)91)38-63(86)46-81-44-49(3)61-37-62(83-45-61)41-74(65)89)33-55-25-27-66(67-43-75(90)76(94-4)40-57(67)26-28-73(88)80(93)79(92)68(55)39-59)64-17-10-9-15-53(64)21-19-48(2)20-22-54-16-11-18-72(87)70(54)47-85/h6-11,13-18,23-24,29,35-37,40,42-43,45,48-49,52,55,59,63,65-66,68,74,80-87,89-91,93H,5,12,19-22,26,28,30-34,38-39,41,44,46-47H2,1-4H3. The van der Waals surface area contributed by atoms with Gasteiger partial charge < -0.3 is 61.4 Å². The lowest BCUT2D eigenvalue weighted by Crippen LogP contribution is -2.40. The van der Waals surface area contributed by atoms with Crippen LogP contribution in [0.2, 0.25) is 0 Å². The van der Waals surface area contributed by atoms with Gasteiger partial charge in [-0.05, 0) is 204 Å². The molecule has 9 bridgehead atoms. The van der Waals surface area contributed by atoms with Crippen molar-refractivity contribution in [3.05, 3.63) is 206 Å². The van der Waals surface area contributed by atoms with Crippen molar-refractivity contribution < 1.29 is 50.1 Å². The molecular formula is C80H94N4O10. The second kappa shape index (κ2) is 30.9. The Kier molecular flexibility index (Phi) is 22.1. The molecule has 11 unspecified atom stereocenters. The van der Waals surface area contributed by atoms with Crippen molar-refractivity contribution in [3.8, 4) is 34.8 Å². The number of anilines is 1. The van der Waals surface area contributed by atoms with Gasteiger partial charge in [-0.25, -0.2) is 0 Å². The number of aromatic nitrogens is 1. The van der Waals surface area contributed by atoms with Crippen LogP contribution in [0.5, 0.6) is 23.0 Å². The van der Waals surface area contributed by atoms with E-state index in [-0.39, 0.29) is 78.5 Å². The number of hydrogen-bond acceptors (Lipinski definition) is 13. The van der Waals surface area contributed by atoms with E-state index in [1.165, 1.54) is 7.11 Å². The molecule has 6 aromatic carbocycles. The number of ketones is 2. The van der Waals surface area contributed by atoms with Gasteiger partial charge in [-0.2, -0.15) is 0 Å². The van der Waals surface area contributed by atoms with Gasteiger partial charge in [-0.15, -0.1) is 0 Å². The number of carbonyl (C=O) groups excluding carboxylic acids is 2. The Morgan fingerprint density at radius 2 is 1.54 bits per heavy atom. The molecule has 11 rings (SSSR count). The van der Waals surface area contributed by atoms with Crippen molar-refractivity contribution in [2.24, 2.45) is 35.5 Å². The van der Waals surface area contributed by atoms with Gasteiger partial charge in [0.1, 0.15) is 17.3 Å². The first-order chi connectivity index (χ1) is 45.5. The van der Waals surface area contributed by atoms with Crippen molar-refractivity contribution in [2.75, 3.05) is 32.1 Å². The van der Waals surface area contributed by atoms with Crippen molar-refractivity contribution >= 4 is 28.0 Å². The molecule has 14 nitrogen and oxygen atoms in total. The minimum absolute atomic E-state index is 0.0638. The fourth-order valence-electron chi connectivity index (χ4n) is 15.4. The Morgan fingerprint density at radius 1 is 0.755 bits per heavy atom. The highest BCUT2D eigenvalue weighted by Crippen LogP contribution is 2.46. The minimum Gasteiger partial charge on any atom is -0.508 e. The average molecular weight is 1270 g/mol. The van der Waals surface area contributed by atoms with Crippen molar-refractivity contribution in [1.29, 1.82) is 0 Å². The number of ether oxygens (including phenoxy) is 1. The largest absolute Gasteiger partial charge is 0.508 e. The number of hydrogen-bond donors (Lipinski definition) is 11. The first-order valence-electron chi connectivity index (χ1n) is 34.1. The molecule has 1 fully saturated rings. The van der Waals surface area contributed by atoms with Gasteiger partial charge in [-0.1, -0.05) is 124 Å². The first kappa shape index (κ1) is 67.3. The molecule has 2 aliphatic heterocycles. The molecule has 0 radical (unpaired) electrons. The van der Waals surface area contributed by atoms with E-state index < -0.39 is 47.6 Å². The fraction of sp³-hybridized carbons (Fsp3) is 0.425. The maximum absolute atomic E-state index is 15.5. The molecule has 1 aromatic heterocycles. The second-order valence-electron chi connectivity index (χ2n) is 27.3. The number of aliphatic hydroxyl groups excluding tert-OH is 4. The predicted molar refractivity (Wildman–Crippen MR) is 370 cm³/mol. The summed E-state index contributed by atoms with van der Waals surface area (Å²) in [4.78, 5) is 33.5. The van der Waals surface area contributed by atoms with Crippen LogP contribution in [0.3, 0.4) is 0 Å². The Balaban J connectivity index is 1.00. The number of fused-ring (bicyclic) bond motifs is 9. The van der Waals surface area contributed by atoms with Gasteiger partial charge in [0.25, 0.3) is 0 Å². The van der Waals surface area contributed by atoms with Crippen molar-refractivity contribution in [1.82, 2.24) is 15.6 Å². The number of benzene rings is 6. The molecule has 0 amide bonds. The monoisotopic (exact) mass is 1270 g/mol. The summed E-state index contributed by atoms with van der Waals surface area (Å²) >= 11 is 0. The number of methoxy groups -OCH3 is 1. The lowest BCUT2D eigenvalue weighted by atomic mass is 9.73. The zero-order valence-corrected chi connectivity index (χ0v) is 54.8. The SMILES string of the molecule is CCCC1C(O)Cc2cc(c[nH]2)C(C)CNCC(O)Cc2ccc3cc(Cc4ccccc4)c(cc3c2O)NC2=CC(=CCN2)CC2CC3C#CC(c4ccccc4CCC(C)CCc4cccc(O)c4CO)c4cc(O)c(OC)cc4CCC(=O)C(O)C(=O)C3CC1C2. The summed E-state index contributed by atoms with van der Waals surface area (Å²) in [5.74, 6) is 5.31. The summed E-state index contributed by atoms with van der Waals surface area (Å²) in [6, 6.07) is 37.6. The predicted octanol–water partition coefficient (Wildman–Crippen LogP) is 12.3. The minimum atomic E-state index is -1.89. The fourth-order valence-corrected chi connectivity index (χ4v) is 15.4. The summed E-state index contributed by atoms with van der Waals surface area (Å²) in [6.07, 6.45) is 10.7. The summed E-state index contributed by atoms with van der Waals surface area (Å²) in [7, 11) is 1.48. The number of phenolic OH excluding ortho intramolecular Hbond substituents is 2. The van der Waals surface area contributed by atoms with E-state index in [9.17, 15) is 40.5 Å². The third kappa shape index (κ3) is 16.0. The lowest BCUT2D eigenvalue weighted by molar-refractivity contribution is -0.142. The molecule has 2 aliphatic carbocycles. The number of H-pyrrole nitrogens is 1. The maximum Gasteiger partial charge on any atom is 0.173 e. The number of aryl methyl sites for hydroxylation is 3. The smallest absolute Gasteiger partial charge is 0.173 e. The number of Topliss-reactive ketones (excluding diaryl/α,β-unsaturated/α-hetero) is 2. The lowest BCUT2D eigenvalue weighted by Gasteiger charge is -2.33. The molecule has 11 N–H and O–H groups in total. The van der Waals surface area contributed by atoms with Crippen LogP contribution in [0.1, 0.15) is 152 Å². The van der Waals surface area contributed by atoms with E-state index in [1.807, 2.05) is 66.9 Å². The zero-order valence-electron chi connectivity index (χ0n) is 54.8. The molecule has 0 spiro atoms. The van der Waals surface area contributed by atoms with Crippen LogP contribution in [0.25, 0.3) is 10.8 Å². The van der Waals surface area contributed by atoms with Crippen LogP contribution in [0.4, 0.5) is 5.69 Å². The van der Waals surface area contributed by atoms with E-state index in [2.05, 4.69) is 102 Å². The van der Waals surface area contributed by atoms with Gasteiger partial charge in [-0.3, -0.25) is 9.59 Å². The number of allylic oxidation sites excluding steroid dienone is 2. The third-order valence-electron chi connectivity index (χ3n) is 20.7. The van der Waals surface area contributed by atoms with E-state index >= 15 is 4.79 Å². The molecule has 3 heterocycles. The number of nitrogens with one attached hydrogen (secondary N) is 4. The van der Waals surface area contributed by atoms with Crippen molar-refractivity contribution in [3.63, 3.8) is 0 Å². The number of aliphatic hydroxyl groups is 4. The van der Waals surface area contributed by atoms with Crippen LogP contribution in [-0.2, 0) is 54.7 Å². The molecule has 11 atom stereocenters. The van der Waals surface area contributed by atoms with Crippen LogP contribution >= 0.6 is 0 Å². The Labute approximate surface area is 553 Å². The van der Waals surface area contributed by atoms with E-state index in [1.54, 1.807) is 18.2 Å². The summed E-state index contributed by atoms with van der Waals surface area (Å²) in [5, 5.41) is 92.9. The first-order valence-corrected chi connectivity index (χ1v) is 34.1. The van der Waals surface area contributed by atoms with E-state index in [0.717, 1.165) is 80.8 Å². The topological polar surface area (TPSA) is 237 Å². The quantitative estimate of drug-likeness (QED) is 0.0381. The Hall–Kier alpha value is -8.16. The van der Waals surface area contributed by atoms with Gasteiger partial charge >= 0.3 is 0 Å². The average Bonchev–Trinajstić information content (AvgIpc) is 1.03. The zero-order chi connectivity index (χ0) is 66.0. The molecule has 494 valence electrons. The molecule has 7 aromatic rings. The molecule has 14 heteroatoms. The van der Waals surface area contributed by atoms with E-state index in [0.29, 0.717) is 105 Å². The number of aromatic amines is 1. The highest BCUT2D eigenvalue weighted by molar-refractivity contribution is 6.06. The van der Waals surface area contributed by atoms with Crippen LogP contribution in [-0.4, -0.2) is 97.4 Å². The summed E-state index contributed by atoms with van der Waals surface area (Å²) < 4.78 is 5.67. The summed E-state index contributed by atoms with van der Waals surface area (Å²) in [5.41, 5.74) is 11.6. The summed E-state index contributed by atoms with van der Waals surface area (Å²) in [6.45, 7) is 7.66. The normalized spacial score (nSPS) is 24.2. The highest BCUT2D eigenvalue weighted by Gasteiger charge is 2.44. The molecule has 1 saturated carbocycles. The van der Waals surface area contributed by atoms with Gasteiger partial charge in [0.2, 0.25) is 0 Å². The number of β-amino-alcohol motifs (C(OH)–C–C–N with tert-alkyl or cyclic N) is 1. The number of rotatable bonds is 13. The van der Waals surface area contributed by atoms with Crippen LogP contribution in [0, 0.1) is 47.3 Å².